The zero-order valence-corrected chi connectivity index (χ0v) is 10.1. The van der Waals surface area contributed by atoms with Crippen LogP contribution in [0.1, 0.15) is 28.4 Å². The maximum Gasteiger partial charge on any atom is 0.339 e. The molecule has 0 radical (unpaired) electrons. The van der Waals surface area contributed by atoms with Crippen LogP contribution in [0.5, 0.6) is 0 Å². The molecule has 0 saturated carbocycles. The molecule has 14 heavy (non-hydrogen) atoms. The van der Waals surface area contributed by atoms with Crippen LogP contribution in [0.4, 0.5) is 0 Å². The van der Waals surface area contributed by atoms with E-state index in [4.69, 9.17) is 4.74 Å². The average molecular weight is 257 g/mol. The number of esters is 1. The van der Waals surface area contributed by atoms with E-state index in [0.717, 1.165) is 15.6 Å². The fourth-order valence-corrected chi connectivity index (χ4v) is 1.75. The molecular formula is C11H13BrO2. The summed E-state index contributed by atoms with van der Waals surface area (Å²) in [5, 5.41) is 0. The van der Waals surface area contributed by atoms with Crippen molar-refractivity contribution < 1.29 is 9.53 Å². The third-order valence-electron chi connectivity index (χ3n) is 2.15. The first kappa shape index (κ1) is 11.2. The van der Waals surface area contributed by atoms with Gasteiger partial charge in [-0.25, -0.2) is 4.79 Å². The van der Waals surface area contributed by atoms with Crippen molar-refractivity contribution in [2.24, 2.45) is 0 Å². The Hall–Kier alpha value is -0.830. The molecule has 0 atom stereocenters. The topological polar surface area (TPSA) is 26.3 Å². The molecule has 0 unspecified atom stereocenters. The van der Waals surface area contributed by atoms with E-state index in [9.17, 15) is 4.79 Å². The summed E-state index contributed by atoms with van der Waals surface area (Å²) in [7, 11) is 0. The van der Waals surface area contributed by atoms with Crippen LogP contribution in [-0.4, -0.2) is 12.6 Å². The lowest BCUT2D eigenvalue weighted by Gasteiger charge is -2.08. The molecule has 1 rings (SSSR count). The second-order valence-electron chi connectivity index (χ2n) is 3.09. The molecule has 0 heterocycles. The van der Waals surface area contributed by atoms with E-state index in [1.54, 1.807) is 13.0 Å². The van der Waals surface area contributed by atoms with E-state index in [0.29, 0.717) is 12.2 Å². The summed E-state index contributed by atoms with van der Waals surface area (Å²) in [6.45, 7) is 6.18. The van der Waals surface area contributed by atoms with Crippen LogP contribution in [0.25, 0.3) is 0 Å². The molecule has 0 spiro atoms. The molecule has 0 aliphatic carbocycles. The molecule has 0 aromatic heterocycles. The Bertz CT molecular complexity index is 359. The maximum absolute atomic E-state index is 11.5. The van der Waals surface area contributed by atoms with Crippen molar-refractivity contribution in [3.63, 3.8) is 0 Å². The SMILES string of the molecule is CCOC(=O)c1ccc(C)c(C)c1Br. The van der Waals surface area contributed by atoms with Crippen molar-refractivity contribution in [3.8, 4) is 0 Å². The normalized spacial score (nSPS) is 10.0. The van der Waals surface area contributed by atoms with Crippen molar-refractivity contribution in [1.82, 2.24) is 0 Å². The highest BCUT2D eigenvalue weighted by Gasteiger charge is 2.13. The summed E-state index contributed by atoms with van der Waals surface area (Å²) in [5.74, 6) is -0.275. The van der Waals surface area contributed by atoms with E-state index < -0.39 is 0 Å². The van der Waals surface area contributed by atoms with Crippen LogP contribution >= 0.6 is 15.9 Å². The molecule has 76 valence electrons. The number of hydrogen-bond acceptors (Lipinski definition) is 2. The lowest BCUT2D eigenvalue weighted by Crippen LogP contribution is -2.06. The molecule has 0 aliphatic rings. The number of hydrogen-bond donors (Lipinski definition) is 0. The molecule has 0 N–H and O–H groups in total. The minimum absolute atomic E-state index is 0.275. The summed E-state index contributed by atoms with van der Waals surface area (Å²) in [4.78, 5) is 11.5. The second-order valence-corrected chi connectivity index (χ2v) is 3.88. The summed E-state index contributed by atoms with van der Waals surface area (Å²) in [5.41, 5.74) is 2.83. The van der Waals surface area contributed by atoms with Crippen molar-refractivity contribution in [3.05, 3.63) is 33.3 Å². The predicted octanol–water partition coefficient (Wildman–Crippen LogP) is 3.24. The van der Waals surface area contributed by atoms with E-state index in [1.165, 1.54) is 0 Å². The number of ether oxygens (including phenoxy) is 1. The molecule has 2 nitrogen and oxygen atoms in total. The van der Waals surface area contributed by atoms with Gasteiger partial charge in [0.2, 0.25) is 0 Å². The van der Waals surface area contributed by atoms with Crippen molar-refractivity contribution in [2.45, 2.75) is 20.8 Å². The van der Waals surface area contributed by atoms with E-state index in [-0.39, 0.29) is 5.97 Å². The first-order valence-electron chi connectivity index (χ1n) is 4.50. The molecule has 3 heteroatoms. The third kappa shape index (κ3) is 2.15. The molecule has 1 aromatic rings. The average Bonchev–Trinajstić information content (AvgIpc) is 2.15. The number of aryl methyl sites for hydroxylation is 1. The maximum atomic E-state index is 11.5. The van der Waals surface area contributed by atoms with E-state index in [2.05, 4.69) is 15.9 Å². The minimum atomic E-state index is -0.275. The first-order chi connectivity index (χ1) is 6.57. The molecule has 0 saturated heterocycles. The van der Waals surface area contributed by atoms with Crippen LogP contribution in [0.3, 0.4) is 0 Å². The van der Waals surface area contributed by atoms with E-state index in [1.807, 2.05) is 19.9 Å². The molecule has 1 aromatic carbocycles. The lowest BCUT2D eigenvalue weighted by molar-refractivity contribution is 0.0525. The standard InChI is InChI=1S/C11H13BrO2/c1-4-14-11(13)9-6-5-7(2)8(3)10(9)12/h5-6H,4H2,1-3H3. The van der Waals surface area contributed by atoms with Gasteiger partial charge in [-0.2, -0.15) is 0 Å². The number of benzene rings is 1. The van der Waals surface area contributed by atoms with Gasteiger partial charge in [0.05, 0.1) is 12.2 Å². The van der Waals surface area contributed by atoms with E-state index >= 15 is 0 Å². The lowest BCUT2D eigenvalue weighted by atomic mass is 10.1. The fourth-order valence-electron chi connectivity index (χ4n) is 1.15. The van der Waals surface area contributed by atoms with Crippen molar-refractivity contribution in [1.29, 1.82) is 0 Å². The van der Waals surface area contributed by atoms with Gasteiger partial charge in [-0.05, 0) is 53.9 Å². The highest BCUT2D eigenvalue weighted by molar-refractivity contribution is 9.10. The van der Waals surface area contributed by atoms with Gasteiger partial charge in [0.25, 0.3) is 0 Å². The number of carbonyl (C=O) groups is 1. The predicted molar refractivity (Wildman–Crippen MR) is 59.6 cm³/mol. The van der Waals surface area contributed by atoms with Gasteiger partial charge >= 0.3 is 5.97 Å². The number of halogens is 1. The van der Waals surface area contributed by atoms with Crippen LogP contribution < -0.4 is 0 Å². The van der Waals surface area contributed by atoms with Crippen LogP contribution in [0.15, 0.2) is 16.6 Å². The second kappa shape index (κ2) is 4.60. The summed E-state index contributed by atoms with van der Waals surface area (Å²) < 4.78 is 5.76. The van der Waals surface area contributed by atoms with Gasteiger partial charge in [-0.1, -0.05) is 6.07 Å². The van der Waals surface area contributed by atoms with Crippen molar-refractivity contribution >= 4 is 21.9 Å². The Labute approximate surface area is 92.4 Å². The van der Waals surface area contributed by atoms with Gasteiger partial charge in [0.1, 0.15) is 0 Å². The summed E-state index contributed by atoms with van der Waals surface area (Å²) >= 11 is 3.40. The van der Waals surface area contributed by atoms with Gasteiger partial charge in [0.15, 0.2) is 0 Å². The molecule has 0 fully saturated rings. The zero-order valence-electron chi connectivity index (χ0n) is 8.56. The Kier molecular flexibility index (Phi) is 3.69. The summed E-state index contributed by atoms with van der Waals surface area (Å²) in [6, 6.07) is 3.71. The monoisotopic (exact) mass is 256 g/mol. The first-order valence-corrected chi connectivity index (χ1v) is 5.30. The largest absolute Gasteiger partial charge is 0.462 e. The van der Waals surface area contributed by atoms with Gasteiger partial charge in [-0.15, -0.1) is 0 Å². The molecule has 0 amide bonds. The van der Waals surface area contributed by atoms with Crippen LogP contribution in [-0.2, 0) is 4.74 Å². The smallest absolute Gasteiger partial charge is 0.339 e. The highest BCUT2D eigenvalue weighted by Crippen LogP contribution is 2.24. The quantitative estimate of drug-likeness (QED) is 0.760. The minimum Gasteiger partial charge on any atom is -0.462 e. The molecule has 0 aliphatic heterocycles. The van der Waals surface area contributed by atoms with Crippen molar-refractivity contribution in [2.75, 3.05) is 6.61 Å². The third-order valence-corrected chi connectivity index (χ3v) is 3.17. The molecular weight excluding hydrogens is 244 g/mol. The van der Waals surface area contributed by atoms with Crippen LogP contribution in [0, 0.1) is 13.8 Å². The Morgan fingerprint density at radius 1 is 1.43 bits per heavy atom. The highest BCUT2D eigenvalue weighted by atomic mass is 79.9. The number of carbonyl (C=O) groups excluding carboxylic acids is 1. The number of rotatable bonds is 2. The van der Waals surface area contributed by atoms with Gasteiger partial charge in [-0.3, -0.25) is 0 Å². The fraction of sp³-hybridized carbons (Fsp3) is 0.364. The molecule has 0 bridgehead atoms. The Morgan fingerprint density at radius 3 is 2.64 bits per heavy atom. The Morgan fingerprint density at radius 2 is 2.07 bits per heavy atom. The summed E-state index contributed by atoms with van der Waals surface area (Å²) in [6.07, 6.45) is 0. The Balaban J connectivity index is 3.11. The van der Waals surface area contributed by atoms with Crippen LogP contribution in [0.2, 0.25) is 0 Å². The zero-order chi connectivity index (χ0) is 10.7. The van der Waals surface area contributed by atoms with Gasteiger partial charge in [0, 0.05) is 4.47 Å². The van der Waals surface area contributed by atoms with Gasteiger partial charge < -0.3 is 4.74 Å².